The largest absolute Gasteiger partial charge is 0.456 e. The molecule has 5 aromatic rings. The maximum atomic E-state index is 12.5. The number of nitro groups is 1. The summed E-state index contributed by atoms with van der Waals surface area (Å²) >= 11 is 1.21. The van der Waals surface area contributed by atoms with Gasteiger partial charge in [0.25, 0.3) is 5.69 Å². The molecule has 0 aliphatic carbocycles. The molecule has 0 amide bonds. The van der Waals surface area contributed by atoms with Crippen molar-refractivity contribution in [1.29, 1.82) is 5.26 Å². The molecule has 3 heterocycles. The van der Waals surface area contributed by atoms with Crippen LogP contribution in [0.2, 0.25) is 0 Å². The SMILES string of the molecule is Cc1ccc(-c2ccc(/C=C(\C#N)c3nc(-c4cc5ccccc5oc4=O)cs3)o2)c([N+](=O)[O-])c1. The standard InChI is InChI=1S/C26H15N3O5S/c1-15-6-8-19(22(10-15)29(31)32)24-9-7-18(33-24)11-17(13-27)25-28-21(14-35-25)20-12-16-4-2-3-5-23(16)34-26(20)30/h2-12,14H,1H3/b17-11+. The lowest BCUT2D eigenvalue weighted by Crippen LogP contribution is -2.02. The molecule has 9 heteroatoms. The van der Waals surface area contributed by atoms with E-state index in [4.69, 9.17) is 8.83 Å². The Morgan fingerprint density at radius 2 is 1.94 bits per heavy atom. The Hall–Kier alpha value is -4.81. The molecule has 0 aliphatic rings. The number of allylic oxidation sites excluding steroid dienone is 1. The second-order valence-corrected chi connectivity index (χ2v) is 8.53. The number of furan rings is 1. The molecule has 0 atom stereocenters. The summed E-state index contributed by atoms with van der Waals surface area (Å²) in [5.74, 6) is 0.655. The molecular formula is C26H15N3O5S. The number of benzene rings is 2. The Labute approximate surface area is 202 Å². The predicted octanol–water partition coefficient (Wildman–Crippen LogP) is 6.46. The molecule has 170 valence electrons. The van der Waals surface area contributed by atoms with Crippen molar-refractivity contribution < 1.29 is 13.8 Å². The van der Waals surface area contributed by atoms with Crippen LogP contribution in [0.3, 0.4) is 0 Å². The number of hydrogen-bond donors (Lipinski definition) is 0. The van der Waals surface area contributed by atoms with E-state index in [2.05, 4.69) is 11.1 Å². The zero-order chi connectivity index (χ0) is 24.5. The van der Waals surface area contributed by atoms with E-state index in [0.29, 0.717) is 38.9 Å². The zero-order valence-corrected chi connectivity index (χ0v) is 19.0. The first-order valence-corrected chi connectivity index (χ1v) is 11.3. The van der Waals surface area contributed by atoms with E-state index in [1.807, 2.05) is 12.1 Å². The minimum atomic E-state index is -0.515. The smallest absolute Gasteiger partial charge is 0.345 e. The van der Waals surface area contributed by atoms with Gasteiger partial charge in [-0.1, -0.05) is 24.3 Å². The van der Waals surface area contributed by atoms with Crippen LogP contribution >= 0.6 is 11.3 Å². The van der Waals surface area contributed by atoms with E-state index >= 15 is 0 Å². The second-order valence-electron chi connectivity index (χ2n) is 7.67. The van der Waals surface area contributed by atoms with Crippen LogP contribution in [-0.2, 0) is 0 Å². The van der Waals surface area contributed by atoms with E-state index in [1.54, 1.807) is 54.8 Å². The molecule has 0 radical (unpaired) electrons. The molecule has 0 saturated heterocycles. The molecule has 0 N–H and O–H groups in total. The number of aromatic nitrogens is 1. The summed E-state index contributed by atoms with van der Waals surface area (Å²) in [5.41, 5.74) is 1.95. The van der Waals surface area contributed by atoms with E-state index in [9.17, 15) is 20.2 Å². The Bertz CT molecular complexity index is 1740. The fourth-order valence-electron chi connectivity index (χ4n) is 3.62. The molecular weight excluding hydrogens is 466 g/mol. The molecule has 0 aliphatic heterocycles. The van der Waals surface area contributed by atoms with E-state index in [1.165, 1.54) is 23.5 Å². The summed E-state index contributed by atoms with van der Waals surface area (Å²) in [7, 11) is 0. The molecule has 3 aromatic heterocycles. The van der Waals surface area contributed by atoms with E-state index < -0.39 is 10.5 Å². The number of aryl methyl sites for hydroxylation is 1. The summed E-state index contributed by atoms with van der Waals surface area (Å²) in [4.78, 5) is 27.9. The van der Waals surface area contributed by atoms with Crippen molar-refractivity contribution in [2.75, 3.05) is 0 Å². The van der Waals surface area contributed by atoms with Crippen LogP contribution in [0.25, 0.3) is 45.2 Å². The third-order valence-corrected chi connectivity index (χ3v) is 6.18. The number of nitriles is 1. The lowest BCUT2D eigenvalue weighted by Gasteiger charge is -2.01. The average molecular weight is 481 g/mol. The summed E-state index contributed by atoms with van der Waals surface area (Å²) in [6.45, 7) is 1.77. The number of rotatable bonds is 5. The molecule has 0 bridgehead atoms. The normalized spacial score (nSPS) is 11.5. The highest BCUT2D eigenvalue weighted by Crippen LogP contribution is 2.33. The van der Waals surface area contributed by atoms with Gasteiger partial charge in [0, 0.05) is 22.9 Å². The molecule has 2 aromatic carbocycles. The number of nitrogens with zero attached hydrogens (tertiary/aromatic N) is 3. The minimum absolute atomic E-state index is 0.0610. The van der Waals surface area contributed by atoms with Crippen LogP contribution < -0.4 is 5.63 Å². The lowest BCUT2D eigenvalue weighted by molar-refractivity contribution is -0.384. The van der Waals surface area contributed by atoms with Gasteiger partial charge in [-0.15, -0.1) is 11.3 Å². The molecule has 35 heavy (non-hydrogen) atoms. The highest BCUT2D eigenvalue weighted by Gasteiger charge is 2.19. The maximum absolute atomic E-state index is 12.5. The highest BCUT2D eigenvalue weighted by atomic mass is 32.1. The lowest BCUT2D eigenvalue weighted by atomic mass is 10.1. The quantitative estimate of drug-likeness (QED) is 0.122. The number of nitro benzene ring substituents is 1. The van der Waals surface area contributed by atoms with Crippen molar-refractivity contribution in [3.8, 4) is 28.7 Å². The van der Waals surface area contributed by atoms with Gasteiger partial charge >= 0.3 is 5.63 Å². The van der Waals surface area contributed by atoms with Gasteiger partial charge < -0.3 is 8.83 Å². The van der Waals surface area contributed by atoms with Crippen LogP contribution in [0, 0.1) is 28.4 Å². The summed E-state index contributed by atoms with van der Waals surface area (Å²) < 4.78 is 11.2. The van der Waals surface area contributed by atoms with Crippen molar-refractivity contribution in [2.24, 2.45) is 0 Å². The predicted molar refractivity (Wildman–Crippen MR) is 133 cm³/mol. The van der Waals surface area contributed by atoms with Gasteiger partial charge in [0.15, 0.2) is 0 Å². The van der Waals surface area contributed by atoms with Crippen molar-refractivity contribution in [3.05, 3.63) is 103 Å². The molecule has 8 nitrogen and oxygen atoms in total. The Kier molecular flexibility index (Phi) is 5.57. The van der Waals surface area contributed by atoms with Crippen LogP contribution in [0.1, 0.15) is 16.3 Å². The second kappa shape index (κ2) is 8.85. The van der Waals surface area contributed by atoms with E-state index in [-0.39, 0.29) is 11.3 Å². The van der Waals surface area contributed by atoms with Crippen LogP contribution in [0.4, 0.5) is 5.69 Å². The Morgan fingerprint density at radius 3 is 2.74 bits per heavy atom. The van der Waals surface area contributed by atoms with Gasteiger partial charge in [0.2, 0.25) is 0 Å². The van der Waals surface area contributed by atoms with Crippen LogP contribution in [-0.4, -0.2) is 9.91 Å². The average Bonchev–Trinajstić information content (AvgIpc) is 3.52. The third-order valence-electron chi connectivity index (χ3n) is 5.30. The topological polar surface area (TPSA) is 123 Å². The van der Waals surface area contributed by atoms with Gasteiger partial charge in [-0.3, -0.25) is 10.1 Å². The number of para-hydroxylation sites is 1. The molecule has 0 spiro atoms. The monoisotopic (exact) mass is 481 g/mol. The minimum Gasteiger partial charge on any atom is -0.456 e. The van der Waals surface area contributed by atoms with Gasteiger partial charge in [-0.05, 0) is 42.8 Å². The first-order chi connectivity index (χ1) is 16.9. The van der Waals surface area contributed by atoms with E-state index in [0.717, 1.165) is 10.9 Å². The van der Waals surface area contributed by atoms with Gasteiger partial charge in [0.05, 0.1) is 27.3 Å². The number of fused-ring (bicyclic) bond motifs is 1. The van der Waals surface area contributed by atoms with Crippen molar-refractivity contribution in [2.45, 2.75) is 6.92 Å². The first kappa shape index (κ1) is 22.0. The third kappa shape index (κ3) is 4.26. The van der Waals surface area contributed by atoms with Crippen LogP contribution in [0.15, 0.2) is 79.7 Å². The highest BCUT2D eigenvalue weighted by molar-refractivity contribution is 7.11. The fraction of sp³-hybridized carbons (Fsp3) is 0.0385. The van der Waals surface area contributed by atoms with Crippen molar-refractivity contribution in [1.82, 2.24) is 4.98 Å². The Morgan fingerprint density at radius 1 is 1.11 bits per heavy atom. The summed E-state index contributed by atoms with van der Waals surface area (Å²) in [6, 6.07) is 19.1. The molecule has 5 rings (SSSR count). The Balaban J connectivity index is 1.49. The van der Waals surface area contributed by atoms with Gasteiger partial charge in [-0.2, -0.15) is 5.26 Å². The number of hydrogen-bond acceptors (Lipinski definition) is 8. The van der Waals surface area contributed by atoms with Gasteiger partial charge in [0.1, 0.15) is 28.2 Å². The van der Waals surface area contributed by atoms with Crippen molar-refractivity contribution >= 4 is 39.6 Å². The van der Waals surface area contributed by atoms with Gasteiger partial charge in [-0.25, -0.2) is 9.78 Å². The summed E-state index contributed by atoms with van der Waals surface area (Å²) in [5, 5.41) is 24.0. The maximum Gasteiger partial charge on any atom is 0.345 e. The molecule has 0 saturated carbocycles. The van der Waals surface area contributed by atoms with Crippen molar-refractivity contribution in [3.63, 3.8) is 0 Å². The summed E-state index contributed by atoms with van der Waals surface area (Å²) in [6.07, 6.45) is 1.51. The van der Waals surface area contributed by atoms with Crippen LogP contribution in [0.5, 0.6) is 0 Å². The first-order valence-electron chi connectivity index (χ1n) is 10.4. The molecule has 0 fully saturated rings. The number of thiazole rings is 1. The zero-order valence-electron chi connectivity index (χ0n) is 18.2. The fourth-order valence-corrected chi connectivity index (χ4v) is 4.41. The molecule has 0 unspecified atom stereocenters.